The molecule has 3 aromatic rings. The number of para-hydroxylation sites is 1. The van der Waals surface area contributed by atoms with Crippen molar-refractivity contribution in [2.75, 3.05) is 50.1 Å². The second kappa shape index (κ2) is 10.8. The Bertz CT molecular complexity index is 967. The Morgan fingerprint density at radius 2 is 1.67 bits per heavy atom. The second-order valence-corrected chi connectivity index (χ2v) is 8.35. The van der Waals surface area contributed by atoms with Gasteiger partial charge in [-0.15, -0.1) is 12.4 Å². The topological polar surface area (TPSA) is 39.7 Å². The Kier molecular flexibility index (Phi) is 8.65. The van der Waals surface area contributed by atoms with Crippen LogP contribution in [0, 0.1) is 6.92 Å². The summed E-state index contributed by atoms with van der Waals surface area (Å²) in [5.74, 6) is -0.000767. The van der Waals surface area contributed by atoms with Crippen LogP contribution in [-0.2, 0) is 0 Å². The van der Waals surface area contributed by atoms with E-state index in [0.717, 1.165) is 46.2 Å². The van der Waals surface area contributed by atoms with Crippen molar-refractivity contribution in [3.8, 4) is 0 Å². The summed E-state index contributed by atoms with van der Waals surface area (Å²) in [5, 5.41) is 0.767. The number of hydrogen-bond donors (Lipinski definition) is 0. The van der Waals surface area contributed by atoms with Gasteiger partial charge in [-0.3, -0.25) is 9.69 Å². The normalized spacial score (nSPS) is 10.9. The van der Waals surface area contributed by atoms with Gasteiger partial charge in [-0.05, 0) is 55.9 Å². The molecule has 162 valence electrons. The molecule has 0 N–H and O–H groups in total. The van der Waals surface area contributed by atoms with E-state index in [2.05, 4.69) is 37.8 Å². The third-order valence-corrected chi connectivity index (χ3v) is 6.29. The van der Waals surface area contributed by atoms with Gasteiger partial charge in [-0.2, -0.15) is 0 Å². The zero-order valence-corrected chi connectivity index (χ0v) is 20.0. The van der Waals surface area contributed by atoms with Crippen molar-refractivity contribution in [2.24, 2.45) is 0 Å². The summed E-state index contributed by atoms with van der Waals surface area (Å²) < 4.78 is 1.11. The summed E-state index contributed by atoms with van der Waals surface area (Å²) in [6, 6.07) is 14.0. The minimum atomic E-state index is -0.000767. The van der Waals surface area contributed by atoms with E-state index in [-0.39, 0.29) is 18.3 Å². The molecule has 0 aliphatic rings. The van der Waals surface area contributed by atoms with Crippen molar-refractivity contribution in [1.29, 1.82) is 0 Å². The maximum absolute atomic E-state index is 13.4. The number of hydrogen-bond acceptors (Lipinski definition) is 5. The number of benzene rings is 2. The molecule has 0 radical (unpaired) electrons. The number of likely N-dealkylation sites (N-methyl/N-ethyl adjacent to an activating group) is 1. The third-order valence-electron chi connectivity index (χ3n) is 5.25. The summed E-state index contributed by atoms with van der Waals surface area (Å²) in [7, 11) is 3.99. The summed E-state index contributed by atoms with van der Waals surface area (Å²) >= 11 is 1.58. The smallest absolute Gasteiger partial charge is 0.260 e. The van der Waals surface area contributed by atoms with Crippen molar-refractivity contribution >= 4 is 50.7 Å². The van der Waals surface area contributed by atoms with E-state index in [1.165, 1.54) is 0 Å². The molecule has 1 amide bonds. The average Bonchev–Trinajstić information content (AvgIpc) is 3.16. The molecule has 0 saturated heterocycles. The van der Waals surface area contributed by atoms with E-state index < -0.39 is 0 Å². The SMILES string of the molecule is CCN(CC)CCN(C(=O)c1ccc(N(C)C)cc1)c1nc2c(C)cccc2s1.Cl. The fraction of sp³-hybridized carbons (Fsp3) is 0.391. The van der Waals surface area contributed by atoms with Crippen molar-refractivity contribution < 1.29 is 4.79 Å². The first-order valence-electron chi connectivity index (χ1n) is 10.1. The van der Waals surface area contributed by atoms with Crippen molar-refractivity contribution in [2.45, 2.75) is 20.8 Å². The summed E-state index contributed by atoms with van der Waals surface area (Å²) in [5.41, 5.74) is 3.88. The van der Waals surface area contributed by atoms with Gasteiger partial charge >= 0.3 is 0 Å². The molecular formula is C23H31ClN4OS. The number of nitrogens with zero attached hydrogens (tertiary/aromatic N) is 4. The number of aromatic nitrogens is 1. The Morgan fingerprint density at radius 3 is 2.23 bits per heavy atom. The number of thiazole rings is 1. The van der Waals surface area contributed by atoms with Gasteiger partial charge in [0.25, 0.3) is 5.91 Å². The molecule has 3 rings (SSSR count). The zero-order valence-electron chi connectivity index (χ0n) is 18.4. The zero-order chi connectivity index (χ0) is 21.0. The van der Waals surface area contributed by atoms with Crippen LogP contribution in [0.1, 0.15) is 29.8 Å². The van der Waals surface area contributed by atoms with Crippen LogP contribution in [0.15, 0.2) is 42.5 Å². The molecule has 0 spiro atoms. The lowest BCUT2D eigenvalue weighted by molar-refractivity contribution is 0.0984. The van der Waals surface area contributed by atoms with Crippen molar-refractivity contribution in [3.63, 3.8) is 0 Å². The number of fused-ring (bicyclic) bond motifs is 1. The summed E-state index contributed by atoms with van der Waals surface area (Å²) in [6.07, 6.45) is 0. The number of rotatable bonds is 8. The highest BCUT2D eigenvalue weighted by Crippen LogP contribution is 2.31. The van der Waals surface area contributed by atoms with Gasteiger partial charge < -0.3 is 9.80 Å². The molecule has 0 saturated carbocycles. The Labute approximate surface area is 189 Å². The minimum absolute atomic E-state index is 0. The molecule has 0 fully saturated rings. The Hall–Kier alpha value is -2.15. The monoisotopic (exact) mass is 446 g/mol. The average molecular weight is 447 g/mol. The molecule has 5 nitrogen and oxygen atoms in total. The first-order chi connectivity index (χ1) is 13.9. The van der Waals surface area contributed by atoms with Gasteiger partial charge in [0.2, 0.25) is 0 Å². The van der Waals surface area contributed by atoms with E-state index in [4.69, 9.17) is 4.98 Å². The van der Waals surface area contributed by atoms with Gasteiger partial charge in [-0.1, -0.05) is 37.3 Å². The molecule has 2 aromatic carbocycles. The molecule has 0 atom stereocenters. The number of anilines is 2. The number of amides is 1. The fourth-order valence-electron chi connectivity index (χ4n) is 3.31. The maximum Gasteiger partial charge on any atom is 0.260 e. The van der Waals surface area contributed by atoms with Gasteiger partial charge in [0.1, 0.15) is 0 Å². The predicted molar refractivity (Wildman–Crippen MR) is 132 cm³/mol. The van der Waals surface area contributed by atoms with Gasteiger partial charge in [0, 0.05) is 38.4 Å². The summed E-state index contributed by atoms with van der Waals surface area (Å²) in [4.78, 5) is 24.5. The maximum atomic E-state index is 13.4. The second-order valence-electron chi connectivity index (χ2n) is 7.34. The Morgan fingerprint density at radius 1 is 1.00 bits per heavy atom. The van der Waals surface area contributed by atoms with Gasteiger partial charge in [-0.25, -0.2) is 4.98 Å². The van der Waals surface area contributed by atoms with E-state index in [0.29, 0.717) is 12.1 Å². The molecule has 0 aliphatic heterocycles. The van der Waals surface area contributed by atoms with E-state index >= 15 is 0 Å². The molecule has 1 aromatic heterocycles. The van der Waals surface area contributed by atoms with Crippen LogP contribution >= 0.6 is 23.7 Å². The van der Waals surface area contributed by atoms with E-state index in [9.17, 15) is 4.79 Å². The minimum Gasteiger partial charge on any atom is -0.378 e. The molecule has 0 aliphatic carbocycles. The fourth-order valence-corrected chi connectivity index (χ4v) is 4.38. The van der Waals surface area contributed by atoms with Crippen LogP contribution in [0.25, 0.3) is 10.2 Å². The van der Waals surface area contributed by atoms with Crippen LogP contribution in [0.5, 0.6) is 0 Å². The van der Waals surface area contributed by atoms with Crippen LogP contribution in [-0.4, -0.2) is 56.1 Å². The lowest BCUT2D eigenvalue weighted by atomic mass is 10.1. The largest absolute Gasteiger partial charge is 0.378 e. The molecular weight excluding hydrogens is 416 g/mol. The number of carbonyl (C=O) groups is 1. The highest BCUT2D eigenvalue weighted by Gasteiger charge is 2.22. The Balaban J connectivity index is 0.00000320. The van der Waals surface area contributed by atoms with Gasteiger partial charge in [0.15, 0.2) is 5.13 Å². The first kappa shape index (κ1) is 24.1. The van der Waals surface area contributed by atoms with Crippen LogP contribution in [0.4, 0.5) is 10.8 Å². The molecule has 0 bridgehead atoms. The predicted octanol–water partition coefficient (Wildman–Crippen LogP) is 5.08. The highest BCUT2D eigenvalue weighted by atomic mass is 35.5. The van der Waals surface area contributed by atoms with Crippen LogP contribution in [0.3, 0.4) is 0 Å². The quantitative estimate of drug-likeness (QED) is 0.483. The van der Waals surface area contributed by atoms with Gasteiger partial charge in [0.05, 0.1) is 10.2 Å². The van der Waals surface area contributed by atoms with Crippen LogP contribution < -0.4 is 9.80 Å². The number of aryl methyl sites for hydroxylation is 1. The highest BCUT2D eigenvalue weighted by molar-refractivity contribution is 7.22. The lowest BCUT2D eigenvalue weighted by Crippen LogP contribution is -2.38. The van der Waals surface area contributed by atoms with E-state index in [1.807, 2.05) is 54.2 Å². The number of halogens is 1. The number of carbonyl (C=O) groups excluding carboxylic acids is 1. The molecule has 1 heterocycles. The standard InChI is InChI=1S/C23H30N4OS.ClH/c1-6-26(7-2)15-16-27(22(28)18-11-13-19(14-12-18)25(4)5)23-24-21-17(3)9-8-10-20(21)29-23;/h8-14H,6-7,15-16H2,1-5H3;1H. The van der Waals surface area contributed by atoms with Crippen LogP contribution in [0.2, 0.25) is 0 Å². The molecule has 30 heavy (non-hydrogen) atoms. The molecule has 0 unspecified atom stereocenters. The first-order valence-corrected chi connectivity index (χ1v) is 10.9. The van der Waals surface area contributed by atoms with E-state index in [1.54, 1.807) is 11.3 Å². The molecule has 7 heteroatoms. The summed E-state index contributed by atoms with van der Waals surface area (Å²) in [6.45, 7) is 9.74. The third kappa shape index (κ3) is 5.31. The lowest BCUT2D eigenvalue weighted by Gasteiger charge is -2.25. The van der Waals surface area contributed by atoms with Crippen molar-refractivity contribution in [3.05, 3.63) is 53.6 Å². The van der Waals surface area contributed by atoms with Crippen molar-refractivity contribution in [1.82, 2.24) is 9.88 Å².